The third-order valence-electron chi connectivity index (χ3n) is 3.72. The monoisotopic (exact) mass is 336 g/mol. The van der Waals surface area contributed by atoms with Gasteiger partial charge < -0.3 is 5.32 Å². The number of anilines is 1. The Hall–Kier alpha value is -2.65. The van der Waals surface area contributed by atoms with Crippen LogP contribution in [0.15, 0.2) is 79.0 Å². The summed E-state index contributed by atoms with van der Waals surface area (Å²) in [5.74, 6) is 0.0766. The van der Waals surface area contributed by atoms with Crippen molar-refractivity contribution in [3.63, 3.8) is 0 Å². The van der Waals surface area contributed by atoms with Crippen molar-refractivity contribution in [3.05, 3.63) is 95.3 Å². The van der Waals surface area contributed by atoms with Gasteiger partial charge in [0.1, 0.15) is 0 Å². The van der Waals surface area contributed by atoms with Gasteiger partial charge in [0.2, 0.25) is 0 Å². The summed E-state index contributed by atoms with van der Waals surface area (Å²) < 4.78 is 0. The van der Waals surface area contributed by atoms with E-state index >= 15 is 0 Å². The number of benzene rings is 2. The Morgan fingerprint density at radius 2 is 1.67 bits per heavy atom. The fourth-order valence-electron chi connectivity index (χ4n) is 2.49. The van der Waals surface area contributed by atoms with Gasteiger partial charge in [0, 0.05) is 28.9 Å². The predicted molar refractivity (Wildman–Crippen MR) is 97.4 cm³/mol. The van der Waals surface area contributed by atoms with Crippen LogP contribution < -0.4 is 5.32 Å². The summed E-state index contributed by atoms with van der Waals surface area (Å²) >= 11 is 5.94. The third kappa shape index (κ3) is 4.21. The van der Waals surface area contributed by atoms with Crippen LogP contribution in [0, 0.1) is 0 Å². The quantitative estimate of drug-likeness (QED) is 0.632. The average Bonchev–Trinajstić information content (AvgIpc) is 2.64. The molecular formula is C20H17ClN2O. The first-order valence-corrected chi connectivity index (χ1v) is 8.11. The fourth-order valence-corrected chi connectivity index (χ4v) is 2.61. The highest BCUT2D eigenvalue weighted by molar-refractivity contribution is 6.30. The number of carbonyl (C=O) groups is 1. The largest absolute Gasteiger partial charge is 0.376 e. The molecule has 1 atom stereocenters. The minimum atomic E-state index is -0.208. The molecule has 24 heavy (non-hydrogen) atoms. The SMILES string of the molecule is O=C(CC(Nc1ccc(Cl)cc1)c1ccccn1)c1ccccc1. The Kier molecular flexibility index (Phi) is 5.24. The molecule has 0 saturated carbocycles. The molecule has 0 aliphatic rings. The van der Waals surface area contributed by atoms with Crippen LogP contribution in [0.1, 0.15) is 28.5 Å². The molecule has 0 aliphatic carbocycles. The zero-order valence-corrected chi connectivity index (χ0v) is 13.8. The van der Waals surface area contributed by atoms with E-state index in [9.17, 15) is 4.79 Å². The Morgan fingerprint density at radius 1 is 0.958 bits per heavy atom. The summed E-state index contributed by atoms with van der Waals surface area (Å²) in [7, 11) is 0. The minimum Gasteiger partial charge on any atom is -0.376 e. The van der Waals surface area contributed by atoms with Crippen molar-refractivity contribution in [1.29, 1.82) is 0 Å². The number of rotatable bonds is 6. The predicted octanol–water partition coefficient (Wildman–Crippen LogP) is 5.16. The number of hydrogen-bond acceptors (Lipinski definition) is 3. The lowest BCUT2D eigenvalue weighted by Gasteiger charge is -2.19. The first-order chi connectivity index (χ1) is 11.7. The molecule has 3 aromatic rings. The number of aromatic nitrogens is 1. The highest BCUT2D eigenvalue weighted by atomic mass is 35.5. The van der Waals surface area contributed by atoms with E-state index in [0.717, 1.165) is 11.4 Å². The third-order valence-corrected chi connectivity index (χ3v) is 3.97. The van der Waals surface area contributed by atoms with Gasteiger partial charge in [-0.05, 0) is 36.4 Å². The Bertz CT molecular complexity index is 789. The second-order valence-corrected chi connectivity index (χ2v) is 5.89. The molecule has 1 aromatic heterocycles. The van der Waals surface area contributed by atoms with Crippen LogP contribution in [0.4, 0.5) is 5.69 Å². The Labute approximate surface area is 146 Å². The molecule has 3 rings (SSSR count). The summed E-state index contributed by atoms with van der Waals surface area (Å²) in [5.41, 5.74) is 2.43. The smallest absolute Gasteiger partial charge is 0.165 e. The highest BCUT2D eigenvalue weighted by Crippen LogP contribution is 2.24. The second kappa shape index (κ2) is 7.75. The molecule has 3 nitrogen and oxygen atoms in total. The van der Waals surface area contributed by atoms with Crippen molar-refractivity contribution in [1.82, 2.24) is 4.98 Å². The van der Waals surface area contributed by atoms with E-state index in [0.29, 0.717) is 17.0 Å². The van der Waals surface area contributed by atoms with Crippen molar-refractivity contribution >= 4 is 23.1 Å². The Balaban J connectivity index is 1.82. The molecule has 4 heteroatoms. The molecule has 1 unspecified atom stereocenters. The van der Waals surface area contributed by atoms with Crippen LogP contribution in [0.25, 0.3) is 0 Å². The molecule has 1 heterocycles. The molecule has 0 amide bonds. The summed E-state index contributed by atoms with van der Waals surface area (Å²) in [5, 5.41) is 4.06. The standard InChI is InChI=1S/C20H17ClN2O/c21-16-9-11-17(12-10-16)23-19(18-8-4-5-13-22-18)14-20(24)15-6-2-1-3-7-15/h1-13,19,23H,14H2. The summed E-state index contributed by atoms with van der Waals surface area (Å²) in [6, 6.07) is 22.2. The van der Waals surface area contributed by atoms with Crippen LogP contribution in [-0.4, -0.2) is 10.8 Å². The summed E-state index contributed by atoms with van der Waals surface area (Å²) in [4.78, 5) is 17.0. The van der Waals surface area contributed by atoms with Gasteiger partial charge in [0.05, 0.1) is 11.7 Å². The average molecular weight is 337 g/mol. The van der Waals surface area contributed by atoms with Gasteiger partial charge >= 0.3 is 0 Å². The first-order valence-electron chi connectivity index (χ1n) is 7.73. The van der Waals surface area contributed by atoms with Crippen molar-refractivity contribution in [3.8, 4) is 0 Å². The van der Waals surface area contributed by atoms with Crippen molar-refractivity contribution in [2.75, 3.05) is 5.32 Å². The topological polar surface area (TPSA) is 42.0 Å². The van der Waals surface area contributed by atoms with Crippen LogP contribution in [0.2, 0.25) is 5.02 Å². The molecule has 2 aromatic carbocycles. The van der Waals surface area contributed by atoms with Gasteiger partial charge in [0.25, 0.3) is 0 Å². The van der Waals surface area contributed by atoms with Gasteiger partial charge in [0.15, 0.2) is 5.78 Å². The van der Waals surface area contributed by atoms with Crippen LogP contribution >= 0.6 is 11.6 Å². The van der Waals surface area contributed by atoms with E-state index in [1.165, 1.54) is 0 Å². The second-order valence-electron chi connectivity index (χ2n) is 5.45. The summed E-state index contributed by atoms with van der Waals surface area (Å²) in [6.45, 7) is 0. The molecule has 1 N–H and O–H groups in total. The van der Waals surface area contributed by atoms with Gasteiger partial charge in [-0.1, -0.05) is 48.0 Å². The zero-order chi connectivity index (χ0) is 16.8. The summed E-state index contributed by atoms with van der Waals surface area (Å²) in [6.07, 6.45) is 2.06. The van der Waals surface area contributed by atoms with Crippen molar-refractivity contribution in [2.24, 2.45) is 0 Å². The van der Waals surface area contributed by atoms with Crippen LogP contribution in [-0.2, 0) is 0 Å². The first kappa shape index (κ1) is 16.2. The van der Waals surface area contributed by atoms with E-state index in [2.05, 4.69) is 10.3 Å². The van der Waals surface area contributed by atoms with Gasteiger partial charge in [-0.25, -0.2) is 0 Å². The maximum atomic E-state index is 12.6. The van der Waals surface area contributed by atoms with E-state index in [1.54, 1.807) is 6.20 Å². The van der Waals surface area contributed by atoms with Gasteiger partial charge in [-0.15, -0.1) is 0 Å². The normalized spacial score (nSPS) is 11.7. The lowest BCUT2D eigenvalue weighted by atomic mass is 10.0. The molecule has 0 spiro atoms. The molecule has 0 aliphatic heterocycles. The van der Waals surface area contributed by atoms with Crippen molar-refractivity contribution in [2.45, 2.75) is 12.5 Å². The number of hydrogen-bond donors (Lipinski definition) is 1. The lowest BCUT2D eigenvalue weighted by Crippen LogP contribution is -2.16. The van der Waals surface area contributed by atoms with Crippen LogP contribution in [0.5, 0.6) is 0 Å². The number of halogens is 1. The number of ketones is 1. The number of pyridine rings is 1. The Morgan fingerprint density at radius 3 is 2.33 bits per heavy atom. The molecule has 0 bridgehead atoms. The molecule has 0 fully saturated rings. The van der Waals surface area contributed by atoms with Gasteiger partial charge in [-0.2, -0.15) is 0 Å². The number of Topliss-reactive ketones (excluding diaryl/α,β-unsaturated/α-hetero) is 1. The highest BCUT2D eigenvalue weighted by Gasteiger charge is 2.18. The van der Waals surface area contributed by atoms with Gasteiger partial charge in [-0.3, -0.25) is 9.78 Å². The van der Waals surface area contributed by atoms with E-state index in [1.807, 2.05) is 72.8 Å². The lowest BCUT2D eigenvalue weighted by molar-refractivity contribution is 0.0976. The molecule has 0 saturated heterocycles. The van der Waals surface area contributed by atoms with E-state index in [-0.39, 0.29) is 11.8 Å². The minimum absolute atomic E-state index is 0.0766. The van der Waals surface area contributed by atoms with Crippen molar-refractivity contribution < 1.29 is 4.79 Å². The molecular weight excluding hydrogens is 320 g/mol. The number of nitrogens with one attached hydrogen (secondary N) is 1. The fraction of sp³-hybridized carbons (Fsp3) is 0.100. The molecule has 120 valence electrons. The zero-order valence-electron chi connectivity index (χ0n) is 13.0. The van der Waals surface area contributed by atoms with Crippen LogP contribution in [0.3, 0.4) is 0 Å². The number of carbonyl (C=O) groups excluding carboxylic acids is 1. The number of nitrogens with zero attached hydrogens (tertiary/aromatic N) is 1. The maximum absolute atomic E-state index is 12.6. The maximum Gasteiger partial charge on any atom is 0.165 e. The molecule has 0 radical (unpaired) electrons. The van der Waals surface area contributed by atoms with E-state index in [4.69, 9.17) is 11.6 Å². The van der Waals surface area contributed by atoms with E-state index < -0.39 is 0 Å².